The Hall–Kier alpha value is -2.37. The maximum atomic E-state index is 13.2. The normalized spacial score (nSPS) is 29.8. The van der Waals surface area contributed by atoms with Crippen LogP contribution in [0.4, 0.5) is 0 Å². The number of ether oxygens (including phenoxy) is 1. The SMILES string of the molecule is COc1cccc(C23CCN(CC4CC4)CC2(O)CCC(N(C)C(=O)c2ccccc2)C3)c1. The molecule has 33 heavy (non-hydrogen) atoms. The molecule has 0 radical (unpaired) electrons. The van der Waals surface area contributed by atoms with Crippen molar-refractivity contribution >= 4 is 5.91 Å². The van der Waals surface area contributed by atoms with Crippen molar-refractivity contribution in [2.24, 2.45) is 5.92 Å². The summed E-state index contributed by atoms with van der Waals surface area (Å²) in [4.78, 5) is 17.6. The van der Waals surface area contributed by atoms with E-state index >= 15 is 0 Å². The summed E-state index contributed by atoms with van der Waals surface area (Å²) in [6.07, 6.45) is 5.82. The van der Waals surface area contributed by atoms with Crippen LogP contribution in [0.15, 0.2) is 54.6 Å². The van der Waals surface area contributed by atoms with Crippen molar-refractivity contribution in [1.82, 2.24) is 9.80 Å². The van der Waals surface area contributed by atoms with Crippen molar-refractivity contribution in [3.63, 3.8) is 0 Å². The Morgan fingerprint density at radius 3 is 2.64 bits per heavy atom. The molecule has 2 aromatic rings. The van der Waals surface area contributed by atoms with E-state index < -0.39 is 11.0 Å². The van der Waals surface area contributed by atoms with Crippen molar-refractivity contribution in [2.45, 2.75) is 55.6 Å². The van der Waals surface area contributed by atoms with E-state index in [4.69, 9.17) is 4.74 Å². The summed E-state index contributed by atoms with van der Waals surface area (Å²) in [5, 5.41) is 12.2. The highest BCUT2D eigenvalue weighted by atomic mass is 16.5. The molecule has 0 bridgehead atoms. The lowest BCUT2D eigenvalue weighted by atomic mass is 9.55. The van der Waals surface area contributed by atoms with E-state index in [1.807, 2.05) is 54.4 Å². The molecule has 3 unspecified atom stereocenters. The molecular weight excluding hydrogens is 412 g/mol. The molecule has 176 valence electrons. The molecule has 1 N–H and O–H groups in total. The second-order valence-corrected chi connectivity index (χ2v) is 10.5. The molecule has 5 heteroatoms. The zero-order valence-corrected chi connectivity index (χ0v) is 19.9. The van der Waals surface area contributed by atoms with E-state index in [9.17, 15) is 9.90 Å². The van der Waals surface area contributed by atoms with Gasteiger partial charge in [0.25, 0.3) is 5.91 Å². The summed E-state index contributed by atoms with van der Waals surface area (Å²) in [5.41, 5.74) is 0.659. The Balaban J connectivity index is 1.46. The second kappa shape index (κ2) is 8.77. The molecule has 1 heterocycles. The number of fused-ring (bicyclic) bond motifs is 1. The van der Waals surface area contributed by atoms with E-state index in [0.717, 1.165) is 55.1 Å². The first kappa shape index (κ1) is 22.4. The van der Waals surface area contributed by atoms with E-state index in [1.54, 1.807) is 7.11 Å². The summed E-state index contributed by atoms with van der Waals surface area (Å²) in [6.45, 7) is 2.80. The van der Waals surface area contributed by atoms with Crippen LogP contribution < -0.4 is 4.74 Å². The molecule has 2 aromatic carbocycles. The van der Waals surface area contributed by atoms with Gasteiger partial charge >= 0.3 is 0 Å². The van der Waals surface area contributed by atoms with Gasteiger partial charge in [-0.25, -0.2) is 0 Å². The number of carbonyl (C=O) groups excluding carboxylic acids is 1. The van der Waals surface area contributed by atoms with Gasteiger partial charge in [0.1, 0.15) is 5.75 Å². The summed E-state index contributed by atoms with van der Waals surface area (Å²) in [5.74, 6) is 1.68. The Morgan fingerprint density at radius 1 is 1.12 bits per heavy atom. The van der Waals surface area contributed by atoms with Crippen LogP contribution in [0.2, 0.25) is 0 Å². The number of likely N-dealkylation sites (tertiary alicyclic amines) is 1. The van der Waals surface area contributed by atoms with Crippen molar-refractivity contribution in [2.75, 3.05) is 33.8 Å². The molecule has 1 aliphatic heterocycles. The number of β-amino-alcohol motifs (C(OH)–C–C–N with tert-alkyl or cyclic N) is 1. The number of rotatable bonds is 6. The molecule has 0 aromatic heterocycles. The lowest BCUT2D eigenvalue weighted by molar-refractivity contribution is -0.132. The van der Waals surface area contributed by atoms with E-state index in [0.29, 0.717) is 13.0 Å². The fourth-order valence-electron chi connectivity index (χ4n) is 6.26. The fraction of sp³-hybridized carbons (Fsp3) is 0.536. The topological polar surface area (TPSA) is 53.0 Å². The molecule has 2 aliphatic carbocycles. The van der Waals surface area contributed by atoms with Gasteiger partial charge in [0.2, 0.25) is 0 Å². The van der Waals surface area contributed by atoms with E-state index in [2.05, 4.69) is 17.0 Å². The number of carbonyl (C=O) groups is 1. The average Bonchev–Trinajstić information content (AvgIpc) is 3.67. The maximum absolute atomic E-state index is 13.2. The molecule has 3 aliphatic rings. The van der Waals surface area contributed by atoms with Gasteiger partial charge in [0.05, 0.1) is 12.7 Å². The minimum Gasteiger partial charge on any atom is -0.497 e. The monoisotopic (exact) mass is 448 g/mol. The van der Waals surface area contributed by atoms with Gasteiger partial charge in [0, 0.05) is 37.2 Å². The molecule has 5 rings (SSSR count). The number of aliphatic hydroxyl groups is 1. The minimum atomic E-state index is -0.806. The molecule has 5 nitrogen and oxygen atoms in total. The molecule has 1 amide bonds. The quantitative estimate of drug-likeness (QED) is 0.723. The van der Waals surface area contributed by atoms with Gasteiger partial charge in [-0.3, -0.25) is 4.79 Å². The van der Waals surface area contributed by atoms with Crippen molar-refractivity contribution < 1.29 is 14.6 Å². The van der Waals surface area contributed by atoms with Gasteiger partial charge in [-0.1, -0.05) is 30.3 Å². The van der Waals surface area contributed by atoms with Crippen LogP contribution in [0.5, 0.6) is 5.75 Å². The summed E-state index contributed by atoms with van der Waals surface area (Å²) >= 11 is 0. The predicted octanol–water partition coefficient (Wildman–Crippen LogP) is 4.10. The Morgan fingerprint density at radius 2 is 1.91 bits per heavy atom. The van der Waals surface area contributed by atoms with Crippen molar-refractivity contribution in [1.29, 1.82) is 0 Å². The van der Waals surface area contributed by atoms with Gasteiger partial charge in [-0.15, -0.1) is 0 Å². The molecular formula is C28H36N2O3. The fourth-order valence-corrected chi connectivity index (χ4v) is 6.26. The van der Waals surface area contributed by atoms with Gasteiger partial charge < -0.3 is 19.6 Å². The first-order chi connectivity index (χ1) is 15.9. The van der Waals surface area contributed by atoms with Crippen LogP contribution in [0.1, 0.15) is 54.4 Å². The standard InChI is InChI=1S/C28H36N2O3/c1-29(26(31)22-7-4-3-5-8-22)24-13-14-28(32)20-30(19-21-11-12-21)16-15-27(28,18-24)23-9-6-10-25(17-23)33-2/h3-10,17,21,24,32H,11-16,18-20H2,1-2H3. The van der Waals surface area contributed by atoms with Crippen LogP contribution in [0, 0.1) is 5.92 Å². The van der Waals surface area contributed by atoms with Crippen LogP contribution >= 0.6 is 0 Å². The third-order valence-electron chi connectivity index (χ3n) is 8.43. The van der Waals surface area contributed by atoms with Gasteiger partial charge in [-0.2, -0.15) is 0 Å². The second-order valence-electron chi connectivity index (χ2n) is 10.5. The summed E-state index contributed by atoms with van der Waals surface area (Å²) in [7, 11) is 3.61. The number of hydrogen-bond acceptors (Lipinski definition) is 4. The largest absolute Gasteiger partial charge is 0.497 e. The highest BCUT2D eigenvalue weighted by molar-refractivity contribution is 5.94. The maximum Gasteiger partial charge on any atom is 0.253 e. The first-order valence-corrected chi connectivity index (χ1v) is 12.4. The zero-order chi connectivity index (χ0) is 23.1. The lowest BCUT2D eigenvalue weighted by Gasteiger charge is -2.59. The zero-order valence-electron chi connectivity index (χ0n) is 19.9. The third kappa shape index (κ3) is 4.17. The smallest absolute Gasteiger partial charge is 0.253 e. The Labute approximate surface area is 197 Å². The lowest BCUT2D eigenvalue weighted by Crippen LogP contribution is -2.67. The highest BCUT2D eigenvalue weighted by Crippen LogP contribution is 2.53. The molecule has 2 saturated carbocycles. The Kier molecular flexibility index (Phi) is 5.96. The molecule has 0 spiro atoms. The van der Waals surface area contributed by atoms with Crippen LogP contribution in [0.25, 0.3) is 0 Å². The van der Waals surface area contributed by atoms with E-state index in [1.165, 1.54) is 12.8 Å². The third-order valence-corrected chi connectivity index (χ3v) is 8.43. The van der Waals surface area contributed by atoms with E-state index in [-0.39, 0.29) is 11.9 Å². The van der Waals surface area contributed by atoms with Gasteiger partial charge in [0.15, 0.2) is 0 Å². The molecule has 3 fully saturated rings. The van der Waals surface area contributed by atoms with Crippen LogP contribution in [-0.4, -0.2) is 66.2 Å². The number of nitrogens with zero attached hydrogens (tertiary/aromatic N) is 2. The predicted molar refractivity (Wildman–Crippen MR) is 130 cm³/mol. The Bertz CT molecular complexity index is 992. The summed E-state index contributed by atoms with van der Waals surface area (Å²) < 4.78 is 5.55. The number of benzene rings is 2. The number of amides is 1. The van der Waals surface area contributed by atoms with Crippen molar-refractivity contribution in [3.05, 3.63) is 65.7 Å². The highest BCUT2D eigenvalue weighted by Gasteiger charge is 2.58. The van der Waals surface area contributed by atoms with Gasteiger partial charge in [-0.05, 0) is 80.8 Å². The summed E-state index contributed by atoms with van der Waals surface area (Å²) in [6, 6.07) is 17.8. The minimum absolute atomic E-state index is 0.0537. The average molecular weight is 449 g/mol. The van der Waals surface area contributed by atoms with Crippen molar-refractivity contribution in [3.8, 4) is 5.75 Å². The number of hydrogen-bond donors (Lipinski definition) is 1. The molecule has 1 saturated heterocycles. The number of piperidine rings is 1. The first-order valence-electron chi connectivity index (χ1n) is 12.4. The van der Waals surface area contributed by atoms with Crippen LogP contribution in [0.3, 0.4) is 0 Å². The number of methoxy groups -OCH3 is 1. The molecule has 3 atom stereocenters. The van der Waals surface area contributed by atoms with Crippen LogP contribution in [-0.2, 0) is 5.41 Å².